The Bertz CT molecular complexity index is 811. The van der Waals surface area contributed by atoms with Gasteiger partial charge in [-0.1, -0.05) is 30.3 Å². The number of nitrogens with zero attached hydrogens (tertiary/aromatic N) is 3. The van der Waals surface area contributed by atoms with Gasteiger partial charge in [-0.05, 0) is 12.5 Å². The average Bonchev–Trinajstić information content (AvgIpc) is 3.13. The summed E-state index contributed by atoms with van der Waals surface area (Å²) in [5.74, 6) is 0.123. The largest absolute Gasteiger partial charge is 0.434 e. The number of thiazole rings is 1. The molecule has 1 aromatic heterocycles. The zero-order chi connectivity index (χ0) is 20.7. The molecule has 6 nitrogen and oxygen atoms in total. The van der Waals surface area contributed by atoms with Crippen molar-refractivity contribution in [3.63, 3.8) is 0 Å². The van der Waals surface area contributed by atoms with Crippen LogP contribution < -0.4 is 10.6 Å². The molecule has 1 heterocycles. The number of halogens is 4. The van der Waals surface area contributed by atoms with E-state index in [9.17, 15) is 18.0 Å². The van der Waals surface area contributed by atoms with Crippen molar-refractivity contribution in [1.29, 1.82) is 0 Å². The molecule has 0 saturated carbocycles. The van der Waals surface area contributed by atoms with Gasteiger partial charge >= 0.3 is 6.18 Å². The van der Waals surface area contributed by atoms with E-state index in [4.69, 9.17) is 0 Å². The highest BCUT2D eigenvalue weighted by Gasteiger charge is 2.33. The highest BCUT2D eigenvalue weighted by atomic mass is 127. The fraction of sp³-hybridized carbons (Fsp3) is 0.389. The van der Waals surface area contributed by atoms with E-state index >= 15 is 0 Å². The van der Waals surface area contributed by atoms with Gasteiger partial charge in [0, 0.05) is 19.5 Å². The maximum atomic E-state index is 12.7. The first-order valence-electron chi connectivity index (χ1n) is 8.48. The van der Waals surface area contributed by atoms with Crippen molar-refractivity contribution in [2.45, 2.75) is 25.7 Å². The lowest BCUT2D eigenvalue weighted by Crippen LogP contribution is -2.39. The number of alkyl halides is 3. The molecule has 1 unspecified atom stereocenters. The van der Waals surface area contributed by atoms with Crippen LogP contribution in [0.4, 0.5) is 13.2 Å². The van der Waals surface area contributed by atoms with Crippen LogP contribution in [0.5, 0.6) is 0 Å². The summed E-state index contributed by atoms with van der Waals surface area (Å²) < 4.78 is 38.1. The van der Waals surface area contributed by atoms with E-state index in [1.54, 1.807) is 14.1 Å². The number of rotatable bonds is 6. The molecule has 160 valence electrons. The van der Waals surface area contributed by atoms with Crippen molar-refractivity contribution in [3.05, 3.63) is 52.0 Å². The fourth-order valence-electron chi connectivity index (χ4n) is 2.15. The minimum atomic E-state index is -4.47. The Morgan fingerprint density at radius 1 is 1.28 bits per heavy atom. The van der Waals surface area contributed by atoms with E-state index in [2.05, 4.69) is 20.6 Å². The molecule has 1 amide bonds. The quantitative estimate of drug-likeness (QED) is 0.333. The Labute approximate surface area is 188 Å². The van der Waals surface area contributed by atoms with Crippen LogP contribution in [0.25, 0.3) is 0 Å². The highest BCUT2D eigenvalue weighted by molar-refractivity contribution is 14.0. The van der Waals surface area contributed by atoms with E-state index in [0.717, 1.165) is 22.3 Å². The van der Waals surface area contributed by atoms with Gasteiger partial charge in [0.05, 0.1) is 12.6 Å². The molecule has 0 saturated heterocycles. The Hall–Kier alpha value is -1.89. The lowest BCUT2D eigenvalue weighted by Gasteiger charge is -2.18. The molecule has 2 N–H and O–H groups in total. The second-order valence-corrected chi connectivity index (χ2v) is 7.15. The van der Waals surface area contributed by atoms with Crippen LogP contribution in [0.2, 0.25) is 0 Å². The molecule has 2 aromatic rings. The van der Waals surface area contributed by atoms with Crippen LogP contribution in [0.3, 0.4) is 0 Å². The topological polar surface area (TPSA) is 69.6 Å². The standard InChI is InChI=1S/C18H22F3N5OS.HI/c1-12(13-7-5-4-6-8-13)24-17(23-10-16(27)26(2)3)22-9-15-25-14(11-28-15)18(19,20)21;/h4-8,11-12H,9-10H2,1-3H3,(H2,22,23,24);1H. The zero-order valence-electron chi connectivity index (χ0n) is 16.2. The predicted molar refractivity (Wildman–Crippen MR) is 118 cm³/mol. The molecule has 0 aliphatic rings. The minimum Gasteiger partial charge on any atom is -0.350 e. The summed E-state index contributed by atoms with van der Waals surface area (Å²) in [6, 6.07) is 9.47. The van der Waals surface area contributed by atoms with E-state index in [1.165, 1.54) is 4.90 Å². The normalized spacial score (nSPS) is 12.7. The number of nitrogens with one attached hydrogen (secondary N) is 2. The predicted octanol–water partition coefficient (Wildman–Crippen LogP) is 3.66. The Kier molecular flexibility index (Phi) is 9.83. The van der Waals surface area contributed by atoms with E-state index in [1.807, 2.05) is 37.3 Å². The highest BCUT2D eigenvalue weighted by Crippen LogP contribution is 2.29. The number of amides is 1. The van der Waals surface area contributed by atoms with Gasteiger partial charge in [-0.3, -0.25) is 4.79 Å². The molecule has 11 heteroatoms. The Morgan fingerprint density at radius 2 is 1.93 bits per heavy atom. The van der Waals surface area contributed by atoms with E-state index < -0.39 is 11.9 Å². The summed E-state index contributed by atoms with van der Waals surface area (Å²) in [4.78, 5) is 21.1. The third kappa shape index (κ3) is 8.17. The molecule has 0 aliphatic carbocycles. The summed E-state index contributed by atoms with van der Waals surface area (Å²) in [6.07, 6.45) is -4.47. The first kappa shape index (κ1) is 25.1. The van der Waals surface area contributed by atoms with Crippen molar-refractivity contribution in [2.24, 2.45) is 4.99 Å². The van der Waals surface area contributed by atoms with Crippen LogP contribution in [0.15, 0.2) is 40.7 Å². The first-order valence-corrected chi connectivity index (χ1v) is 9.36. The third-order valence-electron chi connectivity index (χ3n) is 3.77. The lowest BCUT2D eigenvalue weighted by molar-refractivity contribution is -0.140. The monoisotopic (exact) mass is 541 g/mol. The summed E-state index contributed by atoms with van der Waals surface area (Å²) >= 11 is 0.911. The van der Waals surface area contributed by atoms with Crippen molar-refractivity contribution >= 4 is 47.2 Å². The molecule has 1 atom stereocenters. The van der Waals surface area contributed by atoms with E-state index in [-0.39, 0.29) is 54.0 Å². The number of hydrogen-bond acceptors (Lipinski definition) is 4. The zero-order valence-corrected chi connectivity index (χ0v) is 19.3. The minimum absolute atomic E-state index is 0. The average molecular weight is 541 g/mol. The maximum absolute atomic E-state index is 12.7. The summed E-state index contributed by atoms with van der Waals surface area (Å²) in [7, 11) is 3.25. The molecule has 0 aliphatic heterocycles. The number of benzene rings is 1. The van der Waals surface area contributed by atoms with Crippen LogP contribution in [0, 0.1) is 0 Å². The second-order valence-electron chi connectivity index (χ2n) is 6.21. The smallest absolute Gasteiger partial charge is 0.350 e. The van der Waals surface area contributed by atoms with E-state index in [0.29, 0.717) is 5.96 Å². The number of carbonyl (C=O) groups excluding carboxylic acids is 1. The molecule has 0 radical (unpaired) electrons. The van der Waals surface area contributed by atoms with Gasteiger partial charge in [0.15, 0.2) is 11.7 Å². The van der Waals surface area contributed by atoms with Crippen molar-refractivity contribution in [2.75, 3.05) is 20.6 Å². The van der Waals surface area contributed by atoms with Gasteiger partial charge in [-0.2, -0.15) is 13.2 Å². The summed E-state index contributed by atoms with van der Waals surface area (Å²) in [6.45, 7) is 1.89. The number of hydrogen-bond donors (Lipinski definition) is 2. The maximum Gasteiger partial charge on any atom is 0.434 e. The van der Waals surface area contributed by atoms with Gasteiger partial charge < -0.3 is 15.5 Å². The first-order chi connectivity index (χ1) is 13.2. The molecular weight excluding hydrogens is 518 g/mol. The molecule has 0 bridgehead atoms. The summed E-state index contributed by atoms with van der Waals surface area (Å²) in [5, 5.41) is 7.35. The van der Waals surface area contributed by atoms with Crippen molar-refractivity contribution in [1.82, 2.24) is 20.5 Å². The number of aliphatic imine (C=N–C) groups is 1. The van der Waals surface area contributed by atoms with Gasteiger partial charge in [-0.25, -0.2) is 9.98 Å². The molecule has 2 rings (SSSR count). The van der Waals surface area contributed by atoms with Crippen molar-refractivity contribution < 1.29 is 18.0 Å². The number of likely N-dealkylation sites (N-methyl/N-ethyl adjacent to an activating group) is 1. The lowest BCUT2D eigenvalue weighted by atomic mass is 10.1. The molecular formula is C18H23F3IN5OS. The Balaban J connectivity index is 0.00000420. The molecule has 1 aromatic carbocycles. The van der Waals surface area contributed by atoms with Crippen LogP contribution in [-0.4, -0.2) is 42.4 Å². The van der Waals surface area contributed by atoms with Gasteiger partial charge in [-0.15, -0.1) is 35.3 Å². The summed E-state index contributed by atoms with van der Waals surface area (Å²) in [5.41, 5.74) is 0.0886. The third-order valence-corrected chi connectivity index (χ3v) is 4.62. The van der Waals surface area contributed by atoms with Crippen LogP contribution >= 0.6 is 35.3 Å². The SMILES string of the molecule is CC(NC(=NCC(=O)N(C)C)NCc1nc(C(F)(F)F)cs1)c1ccccc1.I. The van der Waals surface area contributed by atoms with Crippen LogP contribution in [-0.2, 0) is 17.5 Å². The number of aromatic nitrogens is 1. The second kappa shape index (κ2) is 11.3. The molecule has 0 fully saturated rings. The van der Waals surface area contributed by atoms with Gasteiger partial charge in [0.25, 0.3) is 0 Å². The number of guanidine groups is 1. The number of carbonyl (C=O) groups is 1. The Morgan fingerprint density at radius 3 is 2.48 bits per heavy atom. The molecule has 29 heavy (non-hydrogen) atoms. The van der Waals surface area contributed by atoms with Crippen molar-refractivity contribution in [3.8, 4) is 0 Å². The molecule has 0 spiro atoms. The fourth-order valence-corrected chi connectivity index (χ4v) is 2.89. The van der Waals surface area contributed by atoms with Gasteiger partial charge in [0.2, 0.25) is 5.91 Å². The van der Waals surface area contributed by atoms with Gasteiger partial charge in [0.1, 0.15) is 11.6 Å². The van der Waals surface area contributed by atoms with Crippen LogP contribution in [0.1, 0.15) is 29.2 Å².